The lowest BCUT2D eigenvalue weighted by molar-refractivity contribution is -0.154. The summed E-state index contributed by atoms with van der Waals surface area (Å²) >= 11 is 6.19. The third-order valence-corrected chi connectivity index (χ3v) is 6.62. The van der Waals surface area contributed by atoms with Crippen molar-refractivity contribution in [2.75, 3.05) is 4.90 Å². The van der Waals surface area contributed by atoms with Crippen LogP contribution in [0.25, 0.3) is 6.08 Å². The van der Waals surface area contributed by atoms with Crippen molar-refractivity contribution in [3.05, 3.63) is 70.8 Å². The van der Waals surface area contributed by atoms with Crippen LogP contribution in [-0.4, -0.2) is 45.5 Å². The number of anilines is 1. The molecule has 2 aromatic rings. The van der Waals surface area contributed by atoms with Gasteiger partial charge < -0.3 is 10.2 Å². The molecule has 2 aromatic carbocycles. The lowest BCUT2D eigenvalue weighted by atomic mass is 9.78. The molecule has 0 saturated carbocycles. The Morgan fingerprint density at radius 1 is 1.12 bits per heavy atom. The van der Waals surface area contributed by atoms with E-state index in [0.717, 1.165) is 16.0 Å². The summed E-state index contributed by atoms with van der Waals surface area (Å²) in [5.74, 6) is -6.75. The number of aryl methyl sites for hydroxylation is 1. The van der Waals surface area contributed by atoms with Gasteiger partial charge in [-0.15, -0.1) is 0 Å². The SMILES string of the molecule is Cc1ccc(N2C(=O)C3C(/C=C/c4ccccc4)NC(CC(=O)O)(C(=O)O)C3C2=O)cc1Cl. The van der Waals surface area contributed by atoms with Gasteiger partial charge in [0.2, 0.25) is 11.8 Å². The summed E-state index contributed by atoms with van der Waals surface area (Å²) in [6.07, 6.45) is 2.45. The second kappa shape index (κ2) is 8.46. The van der Waals surface area contributed by atoms with Crippen LogP contribution in [0, 0.1) is 18.8 Å². The number of fused-ring (bicyclic) bond motifs is 1. The topological polar surface area (TPSA) is 124 Å². The first-order valence-electron chi connectivity index (χ1n) is 10.3. The number of hydrogen-bond donors (Lipinski definition) is 3. The van der Waals surface area contributed by atoms with Gasteiger partial charge in [0.05, 0.1) is 23.9 Å². The van der Waals surface area contributed by atoms with Crippen LogP contribution in [0.4, 0.5) is 5.69 Å². The molecular formula is C24H21ClN2O6. The van der Waals surface area contributed by atoms with Crippen LogP contribution >= 0.6 is 11.6 Å². The number of nitrogens with one attached hydrogen (secondary N) is 1. The number of halogens is 1. The van der Waals surface area contributed by atoms with Gasteiger partial charge in [-0.1, -0.05) is 60.2 Å². The normalized spacial score (nSPS) is 26.7. The van der Waals surface area contributed by atoms with Crippen molar-refractivity contribution in [3.63, 3.8) is 0 Å². The summed E-state index contributed by atoms with van der Waals surface area (Å²) in [7, 11) is 0. The van der Waals surface area contributed by atoms with Crippen molar-refractivity contribution in [3.8, 4) is 0 Å². The fourth-order valence-corrected chi connectivity index (χ4v) is 4.81. The summed E-state index contributed by atoms with van der Waals surface area (Å²) in [5, 5.41) is 22.7. The first kappa shape index (κ1) is 22.7. The van der Waals surface area contributed by atoms with Crippen molar-refractivity contribution < 1.29 is 29.4 Å². The van der Waals surface area contributed by atoms with E-state index < -0.39 is 53.6 Å². The molecule has 2 fully saturated rings. The molecule has 2 heterocycles. The van der Waals surface area contributed by atoms with Crippen molar-refractivity contribution in [1.29, 1.82) is 0 Å². The quantitative estimate of drug-likeness (QED) is 0.557. The number of imide groups is 1. The number of amides is 2. The minimum Gasteiger partial charge on any atom is -0.481 e. The Labute approximate surface area is 194 Å². The Morgan fingerprint density at radius 3 is 2.42 bits per heavy atom. The standard InChI is InChI=1S/C24H21ClN2O6/c1-13-7-9-15(11-16(13)25)27-21(30)19-17(10-8-14-5-3-2-4-6-14)26-24(23(32)33,12-18(28)29)20(19)22(27)31/h2-11,17,19-20,26H,12H2,1H3,(H,28,29)(H,32,33)/b10-8+. The molecule has 170 valence electrons. The number of carbonyl (C=O) groups excluding carboxylic acids is 2. The molecule has 4 atom stereocenters. The maximum absolute atomic E-state index is 13.5. The van der Waals surface area contributed by atoms with Gasteiger partial charge in [-0.05, 0) is 30.2 Å². The minimum atomic E-state index is -2.14. The number of aliphatic carboxylic acids is 2. The predicted molar refractivity (Wildman–Crippen MR) is 121 cm³/mol. The van der Waals surface area contributed by atoms with E-state index >= 15 is 0 Å². The monoisotopic (exact) mass is 468 g/mol. The molecule has 2 saturated heterocycles. The van der Waals surface area contributed by atoms with E-state index in [0.29, 0.717) is 5.02 Å². The molecule has 2 aliphatic heterocycles. The first-order chi connectivity index (χ1) is 15.7. The van der Waals surface area contributed by atoms with Crippen molar-refractivity contribution in [2.45, 2.75) is 24.9 Å². The van der Waals surface area contributed by atoms with Gasteiger partial charge in [-0.25, -0.2) is 4.90 Å². The van der Waals surface area contributed by atoms with Crippen LogP contribution in [-0.2, 0) is 19.2 Å². The summed E-state index contributed by atoms with van der Waals surface area (Å²) in [5.41, 5.74) is -0.370. The van der Waals surface area contributed by atoms with E-state index in [2.05, 4.69) is 5.32 Å². The molecule has 4 rings (SSSR count). The molecule has 8 nitrogen and oxygen atoms in total. The molecule has 2 aliphatic rings. The van der Waals surface area contributed by atoms with Gasteiger partial charge in [0.25, 0.3) is 0 Å². The Balaban J connectivity index is 1.80. The molecule has 0 aliphatic carbocycles. The zero-order valence-electron chi connectivity index (χ0n) is 17.6. The van der Waals surface area contributed by atoms with Crippen molar-refractivity contribution in [2.24, 2.45) is 11.8 Å². The number of carboxylic acid groups (broad SMARTS) is 2. The fraction of sp³-hybridized carbons (Fsp3) is 0.250. The van der Waals surface area contributed by atoms with E-state index in [-0.39, 0.29) is 5.69 Å². The highest BCUT2D eigenvalue weighted by Gasteiger charge is 2.68. The number of carboxylic acids is 2. The van der Waals surface area contributed by atoms with Crippen molar-refractivity contribution in [1.82, 2.24) is 5.32 Å². The van der Waals surface area contributed by atoms with E-state index in [1.807, 2.05) is 30.3 Å². The molecule has 0 spiro atoms. The van der Waals surface area contributed by atoms with Gasteiger partial charge in [-0.2, -0.15) is 0 Å². The Bertz CT molecular complexity index is 1180. The van der Waals surface area contributed by atoms with Crippen LogP contribution in [0.2, 0.25) is 5.02 Å². The van der Waals surface area contributed by atoms with Crippen LogP contribution in [0.1, 0.15) is 17.5 Å². The smallest absolute Gasteiger partial charge is 0.325 e. The Kier molecular flexibility index (Phi) is 5.82. The molecule has 2 amide bonds. The first-order valence-corrected chi connectivity index (χ1v) is 10.6. The second-order valence-corrected chi connectivity index (χ2v) is 8.64. The number of rotatable bonds is 6. The largest absolute Gasteiger partial charge is 0.481 e. The van der Waals surface area contributed by atoms with Gasteiger partial charge in [0.1, 0.15) is 5.54 Å². The fourth-order valence-electron chi connectivity index (χ4n) is 4.64. The summed E-state index contributed by atoms with van der Waals surface area (Å²) < 4.78 is 0. The number of carbonyl (C=O) groups is 4. The zero-order chi connectivity index (χ0) is 23.9. The average Bonchev–Trinajstić information content (AvgIpc) is 3.23. The van der Waals surface area contributed by atoms with Crippen LogP contribution < -0.4 is 10.2 Å². The molecule has 0 aromatic heterocycles. The van der Waals surface area contributed by atoms with Gasteiger partial charge in [-0.3, -0.25) is 24.5 Å². The van der Waals surface area contributed by atoms with Gasteiger partial charge >= 0.3 is 11.9 Å². The summed E-state index contributed by atoms with van der Waals surface area (Å²) in [6.45, 7) is 1.77. The third kappa shape index (κ3) is 3.81. The highest BCUT2D eigenvalue weighted by molar-refractivity contribution is 6.32. The Morgan fingerprint density at radius 2 is 1.82 bits per heavy atom. The van der Waals surface area contributed by atoms with Crippen LogP contribution in [0.3, 0.4) is 0 Å². The molecule has 4 unspecified atom stereocenters. The molecule has 3 N–H and O–H groups in total. The number of nitrogens with zero attached hydrogens (tertiary/aromatic N) is 1. The second-order valence-electron chi connectivity index (χ2n) is 8.24. The maximum atomic E-state index is 13.5. The number of benzene rings is 2. The van der Waals surface area contributed by atoms with E-state index in [1.54, 1.807) is 31.2 Å². The van der Waals surface area contributed by atoms with E-state index in [1.165, 1.54) is 6.07 Å². The van der Waals surface area contributed by atoms with E-state index in [4.69, 9.17) is 11.6 Å². The molecule has 0 radical (unpaired) electrons. The predicted octanol–water partition coefficient (Wildman–Crippen LogP) is 2.74. The van der Waals surface area contributed by atoms with Crippen LogP contribution in [0.5, 0.6) is 0 Å². The summed E-state index contributed by atoms with van der Waals surface area (Å²) in [6, 6.07) is 12.9. The number of hydrogen-bond acceptors (Lipinski definition) is 5. The van der Waals surface area contributed by atoms with Crippen LogP contribution in [0.15, 0.2) is 54.6 Å². The van der Waals surface area contributed by atoms with E-state index in [9.17, 15) is 29.4 Å². The molecule has 0 bridgehead atoms. The average molecular weight is 469 g/mol. The summed E-state index contributed by atoms with van der Waals surface area (Å²) in [4.78, 5) is 51.8. The maximum Gasteiger partial charge on any atom is 0.325 e. The lowest BCUT2D eigenvalue weighted by Gasteiger charge is -2.29. The third-order valence-electron chi connectivity index (χ3n) is 6.21. The molecule has 9 heteroatoms. The molecular weight excluding hydrogens is 448 g/mol. The zero-order valence-corrected chi connectivity index (χ0v) is 18.3. The van der Waals surface area contributed by atoms with Gasteiger partial charge in [0, 0.05) is 11.1 Å². The Hall–Kier alpha value is -3.49. The minimum absolute atomic E-state index is 0.218. The van der Waals surface area contributed by atoms with Crippen molar-refractivity contribution >= 4 is 47.1 Å². The van der Waals surface area contributed by atoms with Gasteiger partial charge in [0.15, 0.2) is 0 Å². The highest BCUT2D eigenvalue weighted by atomic mass is 35.5. The highest BCUT2D eigenvalue weighted by Crippen LogP contribution is 2.46. The lowest BCUT2D eigenvalue weighted by Crippen LogP contribution is -2.57. The molecule has 33 heavy (non-hydrogen) atoms.